The molecule has 1 amide bonds. The van der Waals surface area contributed by atoms with Gasteiger partial charge in [-0.05, 0) is 31.0 Å². The van der Waals surface area contributed by atoms with Gasteiger partial charge in [0.2, 0.25) is 5.91 Å². The van der Waals surface area contributed by atoms with E-state index in [9.17, 15) is 4.79 Å². The molecular weight excluding hydrogens is 394 g/mol. The normalized spacial score (nSPS) is 14.8. The number of aromatic nitrogens is 3. The maximum Gasteiger partial charge on any atom is 0.233 e. The van der Waals surface area contributed by atoms with Crippen LogP contribution in [0.1, 0.15) is 16.7 Å². The summed E-state index contributed by atoms with van der Waals surface area (Å²) in [6, 6.07) is 16.8. The monoisotopic (exact) mass is 421 g/mol. The van der Waals surface area contributed by atoms with Crippen molar-refractivity contribution in [2.75, 3.05) is 31.9 Å². The topological polar surface area (TPSA) is 54.3 Å². The van der Waals surface area contributed by atoms with E-state index in [1.165, 1.54) is 22.9 Å². The molecule has 0 spiro atoms. The fraction of sp³-hybridized carbons (Fsp3) is 0.348. The van der Waals surface area contributed by atoms with Gasteiger partial charge in [-0.1, -0.05) is 59.8 Å². The molecule has 0 N–H and O–H groups in total. The highest BCUT2D eigenvalue weighted by molar-refractivity contribution is 7.99. The Morgan fingerprint density at radius 2 is 1.80 bits per heavy atom. The Morgan fingerprint density at radius 1 is 1.03 bits per heavy atom. The van der Waals surface area contributed by atoms with Gasteiger partial charge >= 0.3 is 0 Å². The molecule has 1 saturated heterocycles. The van der Waals surface area contributed by atoms with E-state index in [4.69, 9.17) is 0 Å². The smallest absolute Gasteiger partial charge is 0.233 e. The highest BCUT2D eigenvalue weighted by atomic mass is 32.2. The molecule has 30 heavy (non-hydrogen) atoms. The maximum absolute atomic E-state index is 12.7. The molecule has 1 fully saturated rings. The Balaban J connectivity index is 1.30. The minimum absolute atomic E-state index is 0.162. The number of rotatable bonds is 6. The van der Waals surface area contributed by atoms with Crippen LogP contribution in [0.5, 0.6) is 0 Å². The minimum Gasteiger partial charge on any atom is -0.339 e. The second-order valence-corrected chi connectivity index (χ2v) is 8.65. The molecule has 1 aliphatic heterocycles. The Morgan fingerprint density at radius 3 is 2.53 bits per heavy atom. The number of thioether (sulfide) groups is 1. The Kier molecular flexibility index (Phi) is 6.50. The van der Waals surface area contributed by atoms with Crippen LogP contribution in [-0.2, 0) is 11.3 Å². The molecule has 0 atom stereocenters. The van der Waals surface area contributed by atoms with E-state index in [1.807, 2.05) is 15.5 Å². The Labute approximate surface area is 181 Å². The van der Waals surface area contributed by atoms with Crippen LogP contribution in [0, 0.1) is 13.8 Å². The van der Waals surface area contributed by atoms with Gasteiger partial charge < -0.3 is 4.90 Å². The zero-order chi connectivity index (χ0) is 20.9. The Hall–Kier alpha value is -2.64. The molecule has 0 bridgehead atoms. The van der Waals surface area contributed by atoms with Crippen molar-refractivity contribution >= 4 is 17.7 Å². The first kappa shape index (κ1) is 20.6. The van der Waals surface area contributed by atoms with Crippen LogP contribution in [0.4, 0.5) is 0 Å². The minimum atomic E-state index is 0.162. The second-order valence-electron chi connectivity index (χ2n) is 7.70. The standard InChI is InChI=1S/C23H27N5OS/c1-18-8-9-21(19(2)14-18)28-17-24-25-23(28)30-16-22(29)27-12-10-26(11-13-27)15-20-6-4-3-5-7-20/h3-9,14,17H,10-13,15-16H2,1-2H3. The number of nitrogens with zero attached hydrogens (tertiary/aromatic N) is 5. The summed E-state index contributed by atoms with van der Waals surface area (Å²) in [6.45, 7) is 8.46. The van der Waals surface area contributed by atoms with Gasteiger partial charge in [0.05, 0.1) is 11.4 Å². The van der Waals surface area contributed by atoms with Gasteiger partial charge in [0.15, 0.2) is 5.16 Å². The number of benzene rings is 2. The number of aryl methyl sites for hydroxylation is 2. The lowest BCUT2D eigenvalue weighted by Gasteiger charge is -2.34. The van der Waals surface area contributed by atoms with Gasteiger partial charge in [0.25, 0.3) is 0 Å². The predicted octanol–water partition coefficient (Wildman–Crippen LogP) is 3.32. The van der Waals surface area contributed by atoms with Gasteiger partial charge in [0, 0.05) is 32.7 Å². The summed E-state index contributed by atoms with van der Waals surface area (Å²) < 4.78 is 1.96. The lowest BCUT2D eigenvalue weighted by atomic mass is 10.1. The van der Waals surface area contributed by atoms with Crippen molar-refractivity contribution in [1.29, 1.82) is 0 Å². The number of hydrogen-bond donors (Lipinski definition) is 0. The van der Waals surface area contributed by atoms with E-state index in [-0.39, 0.29) is 5.91 Å². The van der Waals surface area contributed by atoms with Gasteiger partial charge in [-0.15, -0.1) is 10.2 Å². The summed E-state index contributed by atoms with van der Waals surface area (Å²) in [5, 5.41) is 9.04. The van der Waals surface area contributed by atoms with Crippen LogP contribution in [0.15, 0.2) is 60.0 Å². The number of amides is 1. The molecule has 2 heterocycles. The lowest BCUT2D eigenvalue weighted by molar-refractivity contribution is -0.130. The van der Waals surface area contributed by atoms with E-state index in [0.29, 0.717) is 5.75 Å². The largest absolute Gasteiger partial charge is 0.339 e. The van der Waals surface area contributed by atoms with Crippen LogP contribution >= 0.6 is 11.8 Å². The van der Waals surface area contributed by atoms with Crippen LogP contribution in [0.25, 0.3) is 5.69 Å². The highest BCUT2D eigenvalue weighted by Crippen LogP contribution is 2.23. The maximum atomic E-state index is 12.7. The summed E-state index contributed by atoms with van der Waals surface area (Å²) in [4.78, 5) is 17.1. The van der Waals surface area contributed by atoms with Crippen molar-refractivity contribution in [2.24, 2.45) is 0 Å². The quantitative estimate of drug-likeness (QED) is 0.572. The summed E-state index contributed by atoms with van der Waals surface area (Å²) in [7, 11) is 0. The third-order valence-corrected chi connectivity index (χ3v) is 6.35. The molecule has 0 radical (unpaired) electrons. The lowest BCUT2D eigenvalue weighted by Crippen LogP contribution is -2.48. The number of carbonyl (C=O) groups excluding carboxylic acids is 1. The summed E-state index contributed by atoms with van der Waals surface area (Å²) >= 11 is 1.45. The third kappa shape index (κ3) is 4.91. The molecule has 0 unspecified atom stereocenters. The van der Waals surface area contributed by atoms with Gasteiger partial charge in [-0.25, -0.2) is 0 Å². The number of hydrogen-bond acceptors (Lipinski definition) is 5. The molecule has 1 aromatic heterocycles. The van der Waals surface area contributed by atoms with E-state index in [0.717, 1.165) is 49.1 Å². The number of carbonyl (C=O) groups is 1. The molecular formula is C23H27N5OS. The molecule has 2 aromatic carbocycles. The van der Waals surface area contributed by atoms with Crippen LogP contribution < -0.4 is 0 Å². The average molecular weight is 422 g/mol. The highest BCUT2D eigenvalue weighted by Gasteiger charge is 2.22. The number of piperazine rings is 1. The second kappa shape index (κ2) is 9.45. The summed E-state index contributed by atoms with van der Waals surface area (Å²) in [6.07, 6.45) is 1.72. The van der Waals surface area contributed by atoms with Gasteiger partial charge in [-0.2, -0.15) is 0 Å². The van der Waals surface area contributed by atoms with Crippen LogP contribution in [0.3, 0.4) is 0 Å². The van der Waals surface area contributed by atoms with Crippen molar-refractivity contribution in [3.63, 3.8) is 0 Å². The summed E-state index contributed by atoms with van der Waals surface area (Å²) in [5.74, 6) is 0.539. The van der Waals surface area contributed by atoms with Crippen molar-refractivity contribution < 1.29 is 4.79 Å². The molecule has 3 aromatic rings. The zero-order valence-electron chi connectivity index (χ0n) is 17.5. The van der Waals surface area contributed by atoms with Gasteiger partial charge in [0.1, 0.15) is 6.33 Å². The first-order valence-electron chi connectivity index (χ1n) is 10.2. The fourth-order valence-electron chi connectivity index (χ4n) is 3.78. The molecule has 4 rings (SSSR count). The van der Waals surface area contributed by atoms with E-state index < -0.39 is 0 Å². The van der Waals surface area contributed by atoms with E-state index in [2.05, 4.69) is 71.4 Å². The first-order chi connectivity index (χ1) is 14.6. The average Bonchev–Trinajstić information content (AvgIpc) is 3.21. The first-order valence-corrected chi connectivity index (χ1v) is 11.2. The summed E-state index contributed by atoms with van der Waals surface area (Å²) in [5.41, 5.74) is 4.76. The third-order valence-electron chi connectivity index (χ3n) is 5.43. The van der Waals surface area contributed by atoms with Crippen LogP contribution in [0.2, 0.25) is 0 Å². The molecule has 1 aliphatic rings. The van der Waals surface area contributed by atoms with Crippen LogP contribution in [-0.4, -0.2) is 62.4 Å². The zero-order valence-corrected chi connectivity index (χ0v) is 18.3. The van der Waals surface area contributed by atoms with E-state index in [1.54, 1.807) is 6.33 Å². The van der Waals surface area contributed by atoms with E-state index >= 15 is 0 Å². The van der Waals surface area contributed by atoms with Crippen molar-refractivity contribution in [1.82, 2.24) is 24.6 Å². The fourth-order valence-corrected chi connectivity index (χ4v) is 4.60. The van der Waals surface area contributed by atoms with Crippen molar-refractivity contribution in [3.8, 4) is 5.69 Å². The Bertz CT molecular complexity index is 996. The van der Waals surface area contributed by atoms with Gasteiger partial charge in [-0.3, -0.25) is 14.3 Å². The molecule has 0 aliphatic carbocycles. The predicted molar refractivity (Wildman–Crippen MR) is 120 cm³/mol. The SMILES string of the molecule is Cc1ccc(-n2cnnc2SCC(=O)N2CCN(Cc3ccccc3)CC2)c(C)c1. The van der Waals surface area contributed by atoms with Crippen molar-refractivity contribution in [3.05, 3.63) is 71.5 Å². The molecule has 7 heteroatoms. The molecule has 6 nitrogen and oxygen atoms in total. The molecule has 0 saturated carbocycles. The molecule has 156 valence electrons. The van der Waals surface area contributed by atoms with Crippen molar-refractivity contribution in [2.45, 2.75) is 25.5 Å².